The van der Waals surface area contributed by atoms with Crippen LogP contribution in [0.15, 0.2) is 22.7 Å². The second-order valence-corrected chi connectivity index (χ2v) is 6.45. The van der Waals surface area contributed by atoms with Crippen molar-refractivity contribution in [3.63, 3.8) is 0 Å². The molecule has 0 spiro atoms. The Bertz CT molecular complexity index is 490. The molecule has 1 atom stereocenters. The summed E-state index contributed by atoms with van der Waals surface area (Å²) in [5, 5.41) is 6.11. The third kappa shape index (κ3) is 3.34. The maximum absolute atomic E-state index is 13.0. The molecular formula is C14H18BrFN2O. The molecule has 0 aromatic heterocycles. The molecule has 1 saturated heterocycles. The molecule has 0 bridgehead atoms. The zero-order valence-electron chi connectivity index (χ0n) is 11.1. The molecule has 5 heteroatoms. The Morgan fingerprint density at radius 2 is 2.26 bits per heavy atom. The highest BCUT2D eigenvalue weighted by Crippen LogP contribution is 2.31. The van der Waals surface area contributed by atoms with Gasteiger partial charge in [0.25, 0.3) is 0 Å². The zero-order chi connectivity index (χ0) is 14.0. The quantitative estimate of drug-likeness (QED) is 0.874. The van der Waals surface area contributed by atoms with Crippen LogP contribution < -0.4 is 10.6 Å². The average Bonchev–Trinajstić information content (AvgIpc) is 2.32. The Balaban J connectivity index is 2.12. The minimum Gasteiger partial charge on any atom is -0.324 e. The van der Waals surface area contributed by atoms with E-state index in [1.165, 1.54) is 12.1 Å². The summed E-state index contributed by atoms with van der Waals surface area (Å²) >= 11 is 3.25. The van der Waals surface area contributed by atoms with E-state index in [1.807, 2.05) is 0 Å². The van der Waals surface area contributed by atoms with Crippen molar-refractivity contribution in [3.05, 3.63) is 28.5 Å². The molecule has 1 unspecified atom stereocenters. The summed E-state index contributed by atoms with van der Waals surface area (Å²) in [5.74, 6) is -0.405. The summed E-state index contributed by atoms with van der Waals surface area (Å²) in [4.78, 5) is 12.3. The maximum Gasteiger partial charge on any atom is 0.242 e. The van der Waals surface area contributed by atoms with E-state index in [1.54, 1.807) is 6.07 Å². The molecule has 2 N–H and O–H groups in total. The molecular weight excluding hydrogens is 311 g/mol. The number of amides is 1. The van der Waals surface area contributed by atoms with Crippen LogP contribution in [0.4, 0.5) is 10.1 Å². The van der Waals surface area contributed by atoms with Gasteiger partial charge < -0.3 is 10.6 Å². The number of hydrogen-bond donors (Lipinski definition) is 2. The highest BCUT2D eigenvalue weighted by Gasteiger charge is 2.37. The van der Waals surface area contributed by atoms with Crippen molar-refractivity contribution in [2.45, 2.75) is 32.7 Å². The minimum absolute atomic E-state index is 0.0722. The van der Waals surface area contributed by atoms with Gasteiger partial charge in [-0.25, -0.2) is 4.39 Å². The highest BCUT2D eigenvalue weighted by atomic mass is 79.9. The molecule has 0 aliphatic carbocycles. The van der Waals surface area contributed by atoms with Crippen LogP contribution in [0.1, 0.15) is 26.7 Å². The largest absolute Gasteiger partial charge is 0.324 e. The van der Waals surface area contributed by atoms with E-state index in [0.29, 0.717) is 10.2 Å². The first-order valence-electron chi connectivity index (χ1n) is 6.39. The summed E-state index contributed by atoms with van der Waals surface area (Å²) in [6.45, 7) is 5.03. The van der Waals surface area contributed by atoms with Gasteiger partial charge in [-0.15, -0.1) is 0 Å². The summed E-state index contributed by atoms with van der Waals surface area (Å²) in [6.07, 6.45) is 2.10. The molecule has 1 aromatic carbocycles. The molecule has 1 fully saturated rings. The Morgan fingerprint density at radius 1 is 1.53 bits per heavy atom. The molecule has 1 aliphatic heterocycles. The van der Waals surface area contributed by atoms with Crippen LogP contribution in [-0.2, 0) is 4.79 Å². The number of piperidine rings is 1. The summed E-state index contributed by atoms with van der Waals surface area (Å²) < 4.78 is 13.6. The van der Waals surface area contributed by atoms with Crippen LogP contribution in [-0.4, -0.2) is 18.5 Å². The lowest BCUT2D eigenvalue weighted by atomic mass is 9.77. The molecule has 1 heterocycles. The van der Waals surface area contributed by atoms with Crippen LogP contribution in [0.25, 0.3) is 0 Å². The molecule has 0 radical (unpaired) electrons. The monoisotopic (exact) mass is 328 g/mol. The fourth-order valence-electron chi connectivity index (χ4n) is 2.45. The third-order valence-corrected chi connectivity index (χ3v) is 4.24. The normalized spacial score (nSPS) is 22.0. The topological polar surface area (TPSA) is 41.1 Å². The Labute approximate surface area is 121 Å². The lowest BCUT2D eigenvalue weighted by Crippen LogP contribution is -2.53. The molecule has 104 valence electrons. The van der Waals surface area contributed by atoms with E-state index >= 15 is 0 Å². The van der Waals surface area contributed by atoms with Gasteiger partial charge in [0.1, 0.15) is 5.82 Å². The number of carbonyl (C=O) groups is 1. The van der Waals surface area contributed by atoms with Gasteiger partial charge in [0.15, 0.2) is 0 Å². The van der Waals surface area contributed by atoms with Gasteiger partial charge in [-0.2, -0.15) is 0 Å². The van der Waals surface area contributed by atoms with Crippen LogP contribution in [0.5, 0.6) is 0 Å². The predicted octanol–water partition coefficient (Wildman–Crippen LogP) is 3.30. The number of hydrogen-bond acceptors (Lipinski definition) is 2. The highest BCUT2D eigenvalue weighted by molar-refractivity contribution is 9.10. The first-order chi connectivity index (χ1) is 8.90. The average molecular weight is 329 g/mol. The first-order valence-corrected chi connectivity index (χ1v) is 7.19. The second kappa shape index (κ2) is 5.59. The molecule has 1 amide bonds. The fraction of sp³-hybridized carbons (Fsp3) is 0.500. The van der Waals surface area contributed by atoms with Crippen LogP contribution >= 0.6 is 15.9 Å². The minimum atomic E-state index is -0.332. The first kappa shape index (κ1) is 14.5. The van der Waals surface area contributed by atoms with Gasteiger partial charge >= 0.3 is 0 Å². The Hall–Kier alpha value is -0.940. The molecule has 0 saturated carbocycles. The Kier molecular flexibility index (Phi) is 4.26. The molecule has 3 nitrogen and oxygen atoms in total. The fourth-order valence-corrected chi connectivity index (χ4v) is 2.90. The van der Waals surface area contributed by atoms with Crippen molar-refractivity contribution in [3.8, 4) is 0 Å². The van der Waals surface area contributed by atoms with E-state index < -0.39 is 0 Å². The second-order valence-electron chi connectivity index (χ2n) is 5.59. The van der Waals surface area contributed by atoms with Crippen molar-refractivity contribution in [2.75, 3.05) is 11.9 Å². The predicted molar refractivity (Wildman–Crippen MR) is 77.5 cm³/mol. The number of nitrogens with one attached hydrogen (secondary N) is 2. The SMILES string of the molecule is CC1(C)CCCNC1C(=O)Nc1ccc(F)cc1Br. The van der Waals surface area contributed by atoms with E-state index in [0.717, 1.165) is 19.4 Å². The van der Waals surface area contributed by atoms with Crippen molar-refractivity contribution in [1.29, 1.82) is 0 Å². The smallest absolute Gasteiger partial charge is 0.242 e. The van der Waals surface area contributed by atoms with E-state index in [9.17, 15) is 9.18 Å². The van der Waals surface area contributed by atoms with E-state index in [4.69, 9.17) is 0 Å². The Morgan fingerprint density at radius 3 is 2.89 bits per heavy atom. The molecule has 2 rings (SSSR count). The molecule has 19 heavy (non-hydrogen) atoms. The van der Waals surface area contributed by atoms with Crippen molar-refractivity contribution >= 4 is 27.5 Å². The summed E-state index contributed by atoms with van der Waals surface area (Å²) in [6, 6.07) is 4.01. The molecule has 1 aromatic rings. The zero-order valence-corrected chi connectivity index (χ0v) is 12.7. The lowest BCUT2D eigenvalue weighted by molar-refractivity contribution is -0.121. The lowest BCUT2D eigenvalue weighted by Gasteiger charge is -2.38. The van der Waals surface area contributed by atoms with E-state index in [-0.39, 0.29) is 23.2 Å². The van der Waals surface area contributed by atoms with Crippen molar-refractivity contribution in [2.24, 2.45) is 5.41 Å². The maximum atomic E-state index is 13.0. The number of halogens is 2. The van der Waals surface area contributed by atoms with Crippen LogP contribution in [0, 0.1) is 11.2 Å². The van der Waals surface area contributed by atoms with Gasteiger partial charge in [-0.3, -0.25) is 4.79 Å². The summed E-state index contributed by atoms with van der Waals surface area (Å²) in [7, 11) is 0. The molecule has 1 aliphatic rings. The number of carbonyl (C=O) groups excluding carboxylic acids is 1. The number of rotatable bonds is 2. The van der Waals surface area contributed by atoms with Crippen molar-refractivity contribution < 1.29 is 9.18 Å². The van der Waals surface area contributed by atoms with Gasteiger partial charge in [0.05, 0.1) is 11.7 Å². The number of anilines is 1. The van der Waals surface area contributed by atoms with Gasteiger partial charge in [-0.05, 0) is 58.9 Å². The van der Waals surface area contributed by atoms with Crippen molar-refractivity contribution in [1.82, 2.24) is 5.32 Å². The summed E-state index contributed by atoms with van der Waals surface area (Å²) in [5.41, 5.74) is 0.518. The number of benzene rings is 1. The van der Waals surface area contributed by atoms with Crippen LogP contribution in [0.2, 0.25) is 0 Å². The van der Waals surface area contributed by atoms with Crippen LogP contribution in [0.3, 0.4) is 0 Å². The van der Waals surface area contributed by atoms with Gasteiger partial charge in [-0.1, -0.05) is 13.8 Å². The van der Waals surface area contributed by atoms with Gasteiger partial charge in [0, 0.05) is 4.47 Å². The third-order valence-electron chi connectivity index (χ3n) is 3.58. The van der Waals surface area contributed by atoms with Gasteiger partial charge in [0.2, 0.25) is 5.91 Å². The standard InChI is InChI=1S/C14H18BrFN2O/c1-14(2)6-3-7-17-12(14)13(19)18-11-5-4-9(16)8-10(11)15/h4-5,8,12,17H,3,6-7H2,1-2H3,(H,18,19). The van der Waals surface area contributed by atoms with E-state index in [2.05, 4.69) is 40.4 Å².